The van der Waals surface area contributed by atoms with Gasteiger partial charge in [-0.15, -0.1) is 12.4 Å². The van der Waals surface area contributed by atoms with Gasteiger partial charge in [0.25, 0.3) is 0 Å². The average Bonchev–Trinajstić information content (AvgIpc) is 3.13. The van der Waals surface area contributed by atoms with Gasteiger partial charge in [-0.05, 0) is 30.2 Å². The van der Waals surface area contributed by atoms with Gasteiger partial charge in [0, 0.05) is 38.8 Å². The SMILES string of the molecule is CC1CCCC(CNC(=O)[C@H]2CNC[C@@H]2c2cnn(C)c2)C1.Cl. The third-order valence-electron chi connectivity index (χ3n) is 5.31. The molecule has 1 amide bonds. The molecule has 0 radical (unpaired) electrons. The van der Waals surface area contributed by atoms with E-state index in [0.29, 0.717) is 5.92 Å². The quantitative estimate of drug-likeness (QED) is 0.882. The summed E-state index contributed by atoms with van der Waals surface area (Å²) in [5.41, 5.74) is 1.17. The van der Waals surface area contributed by atoms with Crippen molar-refractivity contribution in [2.24, 2.45) is 24.8 Å². The summed E-state index contributed by atoms with van der Waals surface area (Å²) in [6.45, 7) is 4.81. The van der Waals surface area contributed by atoms with Crippen LogP contribution in [0.3, 0.4) is 0 Å². The summed E-state index contributed by atoms with van der Waals surface area (Å²) in [4.78, 5) is 12.6. The topological polar surface area (TPSA) is 59.0 Å². The molecule has 0 spiro atoms. The van der Waals surface area contributed by atoms with Gasteiger partial charge in [0.1, 0.15) is 0 Å². The van der Waals surface area contributed by atoms with Crippen molar-refractivity contribution >= 4 is 18.3 Å². The molecule has 1 aliphatic heterocycles. The van der Waals surface area contributed by atoms with Crippen molar-refractivity contribution in [2.75, 3.05) is 19.6 Å². The Bertz CT molecular complexity index is 518. The summed E-state index contributed by atoms with van der Waals surface area (Å²) in [5.74, 6) is 1.96. The Balaban J connectivity index is 0.00000192. The van der Waals surface area contributed by atoms with Gasteiger partial charge >= 0.3 is 0 Å². The van der Waals surface area contributed by atoms with Crippen LogP contribution < -0.4 is 10.6 Å². The van der Waals surface area contributed by atoms with E-state index in [0.717, 1.165) is 25.6 Å². The van der Waals surface area contributed by atoms with Crippen LogP contribution in [-0.4, -0.2) is 35.3 Å². The predicted molar refractivity (Wildman–Crippen MR) is 93.7 cm³/mol. The minimum atomic E-state index is 0. The smallest absolute Gasteiger partial charge is 0.225 e. The lowest BCUT2D eigenvalue weighted by atomic mass is 9.82. The fourth-order valence-electron chi connectivity index (χ4n) is 4.06. The molecule has 4 atom stereocenters. The number of rotatable bonds is 4. The van der Waals surface area contributed by atoms with Crippen LogP contribution in [-0.2, 0) is 11.8 Å². The molecule has 3 rings (SSSR count). The Morgan fingerprint density at radius 3 is 2.96 bits per heavy atom. The van der Waals surface area contributed by atoms with Gasteiger partial charge in [0.05, 0.1) is 12.1 Å². The number of halogens is 1. The molecule has 130 valence electrons. The van der Waals surface area contributed by atoms with Crippen LogP contribution in [0.4, 0.5) is 0 Å². The number of aromatic nitrogens is 2. The van der Waals surface area contributed by atoms with Crippen molar-refractivity contribution in [1.82, 2.24) is 20.4 Å². The molecule has 0 bridgehead atoms. The second-order valence-corrected chi connectivity index (χ2v) is 7.20. The van der Waals surface area contributed by atoms with E-state index in [1.54, 1.807) is 0 Å². The Morgan fingerprint density at radius 1 is 1.43 bits per heavy atom. The number of carbonyl (C=O) groups is 1. The zero-order valence-electron chi connectivity index (χ0n) is 14.1. The fourth-order valence-corrected chi connectivity index (χ4v) is 4.06. The maximum Gasteiger partial charge on any atom is 0.225 e. The third kappa shape index (κ3) is 4.48. The van der Waals surface area contributed by atoms with Gasteiger partial charge in [-0.25, -0.2) is 0 Å². The van der Waals surface area contributed by atoms with E-state index in [1.807, 2.05) is 24.1 Å². The van der Waals surface area contributed by atoms with Gasteiger partial charge in [-0.2, -0.15) is 5.10 Å². The predicted octanol–water partition coefficient (Wildman–Crippen LogP) is 2.09. The number of nitrogens with zero attached hydrogens (tertiary/aromatic N) is 2. The van der Waals surface area contributed by atoms with Crippen molar-refractivity contribution < 1.29 is 4.79 Å². The van der Waals surface area contributed by atoms with E-state index >= 15 is 0 Å². The maximum atomic E-state index is 12.6. The molecule has 5 nitrogen and oxygen atoms in total. The summed E-state index contributed by atoms with van der Waals surface area (Å²) >= 11 is 0. The van der Waals surface area contributed by atoms with Gasteiger partial charge in [0.15, 0.2) is 0 Å². The normalized spacial score (nSPS) is 30.7. The van der Waals surface area contributed by atoms with E-state index in [-0.39, 0.29) is 30.2 Å². The number of carbonyl (C=O) groups excluding carboxylic acids is 1. The molecule has 2 aliphatic rings. The average molecular weight is 341 g/mol. The molecule has 1 aliphatic carbocycles. The molecule has 2 N–H and O–H groups in total. The first-order valence-electron chi connectivity index (χ1n) is 8.60. The summed E-state index contributed by atoms with van der Waals surface area (Å²) < 4.78 is 1.81. The highest BCUT2D eigenvalue weighted by molar-refractivity contribution is 5.85. The van der Waals surface area contributed by atoms with Crippen LogP contribution in [0.5, 0.6) is 0 Å². The van der Waals surface area contributed by atoms with E-state index < -0.39 is 0 Å². The van der Waals surface area contributed by atoms with E-state index in [9.17, 15) is 4.79 Å². The van der Waals surface area contributed by atoms with Crippen LogP contribution in [0.25, 0.3) is 0 Å². The number of nitrogens with one attached hydrogen (secondary N) is 2. The second-order valence-electron chi connectivity index (χ2n) is 7.20. The molecule has 1 aromatic heterocycles. The molecule has 2 unspecified atom stereocenters. The summed E-state index contributed by atoms with van der Waals surface area (Å²) in [6, 6.07) is 0. The minimum absolute atomic E-state index is 0. The third-order valence-corrected chi connectivity index (χ3v) is 5.31. The van der Waals surface area contributed by atoms with Crippen LogP contribution in [0.15, 0.2) is 12.4 Å². The zero-order chi connectivity index (χ0) is 15.5. The van der Waals surface area contributed by atoms with Gasteiger partial charge in [-0.3, -0.25) is 9.48 Å². The monoisotopic (exact) mass is 340 g/mol. The lowest BCUT2D eigenvalue weighted by molar-refractivity contribution is -0.125. The van der Waals surface area contributed by atoms with E-state index in [2.05, 4.69) is 22.7 Å². The lowest BCUT2D eigenvalue weighted by Crippen LogP contribution is -2.38. The summed E-state index contributed by atoms with van der Waals surface area (Å²) in [5, 5.41) is 10.8. The number of hydrogen-bond donors (Lipinski definition) is 2. The minimum Gasteiger partial charge on any atom is -0.356 e. The standard InChI is InChI=1S/C17H28N4O.ClH/c1-12-4-3-5-13(6-12)7-19-17(22)16-10-18-9-15(16)14-8-20-21(2)11-14;/h8,11-13,15-16,18H,3-7,9-10H2,1-2H3,(H,19,22);1H/t12?,13?,15-,16+;/m1./s1. The van der Waals surface area contributed by atoms with E-state index in [1.165, 1.54) is 31.2 Å². The first kappa shape index (κ1) is 18.3. The van der Waals surface area contributed by atoms with Crippen LogP contribution in [0.2, 0.25) is 0 Å². The molecule has 1 aromatic rings. The van der Waals surface area contributed by atoms with Gasteiger partial charge in [-0.1, -0.05) is 19.8 Å². The fraction of sp³-hybridized carbons (Fsp3) is 0.765. The second kappa shape index (κ2) is 8.15. The Kier molecular flexibility index (Phi) is 6.48. The molecule has 0 aromatic carbocycles. The first-order chi connectivity index (χ1) is 10.6. The Hall–Kier alpha value is -1.07. The first-order valence-corrected chi connectivity index (χ1v) is 8.60. The summed E-state index contributed by atoms with van der Waals surface area (Å²) in [7, 11) is 1.92. The molecular weight excluding hydrogens is 312 g/mol. The largest absolute Gasteiger partial charge is 0.356 e. The highest BCUT2D eigenvalue weighted by Crippen LogP contribution is 2.30. The van der Waals surface area contributed by atoms with Crippen molar-refractivity contribution in [2.45, 2.75) is 38.5 Å². The molecule has 23 heavy (non-hydrogen) atoms. The van der Waals surface area contributed by atoms with Gasteiger partial charge < -0.3 is 10.6 Å². The van der Waals surface area contributed by atoms with Crippen LogP contribution in [0, 0.1) is 17.8 Å². The van der Waals surface area contributed by atoms with E-state index in [4.69, 9.17) is 0 Å². The lowest BCUT2D eigenvalue weighted by Gasteiger charge is -2.27. The van der Waals surface area contributed by atoms with Crippen LogP contribution in [0.1, 0.15) is 44.1 Å². The van der Waals surface area contributed by atoms with Crippen molar-refractivity contribution in [3.8, 4) is 0 Å². The molecule has 1 saturated carbocycles. The number of amides is 1. The molecule has 2 fully saturated rings. The van der Waals surface area contributed by atoms with Gasteiger partial charge in [0.2, 0.25) is 5.91 Å². The zero-order valence-corrected chi connectivity index (χ0v) is 14.9. The van der Waals surface area contributed by atoms with Crippen molar-refractivity contribution in [1.29, 1.82) is 0 Å². The molecule has 1 saturated heterocycles. The highest BCUT2D eigenvalue weighted by Gasteiger charge is 2.34. The maximum absolute atomic E-state index is 12.6. The molecular formula is C17H29ClN4O. The Morgan fingerprint density at radius 2 is 2.26 bits per heavy atom. The van der Waals surface area contributed by atoms with Crippen molar-refractivity contribution in [3.63, 3.8) is 0 Å². The Labute approximate surface area is 145 Å². The molecule has 2 heterocycles. The van der Waals surface area contributed by atoms with Crippen molar-refractivity contribution in [3.05, 3.63) is 18.0 Å². The highest BCUT2D eigenvalue weighted by atomic mass is 35.5. The number of aryl methyl sites for hydroxylation is 1. The van der Waals surface area contributed by atoms with Crippen LogP contribution >= 0.6 is 12.4 Å². The summed E-state index contributed by atoms with van der Waals surface area (Å²) in [6.07, 6.45) is 9.10. The number of hydrogen-bond acceptors (Lipinski definition) is 3. The molecule has 6 heteroatoms.